The van der Waals surface area contributed by atoms with Crippen molar-refractivity contribution in [1.82, 2.24) is 0 Å². The third-order valence-corrected chi connectivity index (χ3v) is 7.94. The highest BCUT2D eigenvalue weighted by molar-refractivity contribution is 5.81. The van der Waals surface area contributed by atoms with Crippen molar-refractivity contribution in [1.29, 1.82) is 0 Å². The van der Waals surface area contributed by atoms with E-state index < -0.39 is 11.4 Å². The quantitative estimate of drug-likeness (QED) is 0.472. The van der Waals surface area contributed by atoms with Crippen LogP contribution in [0.5, 0.6) is 0 Å². The summed E-state index contributed by atoms with van der Waals surface area (Å²) in [6.07, 6.45) is 15.7. The SMILES string of the molecule is CCCCCC1CCC(c2ccc(C3(C(=O)O)CCC(CC)CC3)cc2)CC1. The van der Waals surface area contributed by atoms with Gasteiger partial charge >= 0.3 is 5.97 Å². The Labute approximate surface area is 172 Å². The average Bonchev–Trinajstić information content (AvgIpc) is 2.74. The highest BCUT2D eigenvalue weighted by Gasteiger charge is 2.43. The lowest BCUT2D eigenvalue weighted by Gasteiger charge is -2.37. The van der Waals surface area contributed by atoms with Gasteiger partial charge in [0.25, 0.3) is 0 Å². The number of rotatable bonds is 8. The van der Waals surface area contributed by atoms with E-state index in [-0.39, 0.29) is 0 Å². The number of hydrogen-bond donors (Lipinski definition) is 1. The molecule has 0 aromatic heterocycles. The van der Waals surface area contributed by atoms with Gasteiger partial charge in [0, 0.05) is 0 Å². The van der Waals surface area contributed by atoms with E-state index in [1.807, 2.05) is 0 Å². The van der Waals surface area contributed by atoms with E-state index in [1.165, 1.54) is 63.4 Å². The summed E-state index contributed by atoms with van der Waals surface area (Å²) in [6.45, 7) is 4.51. The maximum Gasteiger partial charge on any atom is 0.314 e. The van der Waals surface area contributed by atoms with Crippen LogP contribution in [0.3, 0.4) is 0 Å². The molecule has 2 fully saturated rings. The zero-order valence-corrected chi connectivity index (χ0v) is 18.1. The fourth-order valence-corrected chi connectivity index (χ4v) is 5.75. The number of benzene rings is 1. The topological polar surface area (TPSA) is 37.3 Å². The molecule has 0 bridgehead atoms. The third kappa shape index (κ3) is 4.81. The molecule has 0 saturated heterocycles. The maximum absolute atomic E-state index is 12.2. The highest BCUT2D eigenvalue weighted by Crippen LogP contribution is 2.44. The van der Waals surface area contributed by atoms with E-state index in [9.17, 15) is 9.90 Å². The molecule has 0 amide bonds. The number of carboxylic acids is 1. The molecular formula is C26H40O2. The second kappa shape index (κ2) is 9.94. The van der Waals surface area contributed by atoms with Crippen molar-refractivity contribution >= 4 is 5.97 Å². The first kappa shape index (κ1) is 21.4. The number of aliphatic carboxylic acids is 1. The lowest BCUT2D eigenvalue weighted by atomic mass is 9.66. The number of carboxylic acid groups (broad SMARTS) is 1. The first-order valence-corrected chi connectivity index (χ1v) is 11.9. The van der Waals surface area contributed by atoms with Crippen molar-refractivity contribution in [2.45, 2.75) is 109 Å². The Bertz CT molecular complexity index is 602. The zero-order valence-electron chi connectivity index (χ0n) is 18.1. The zero-order chi connectivity index (χ0) is 20.0. The Morgan fingerprint density at radius 1 is 0.929 bits per heavy atom. The molecule has 0 radical (unpaired) electrons. The minimum absolute atomic E-state index is 0.623. The Hall–Kier alpha value is -1.31. The number of unbranched alkanes of at least 4 members (excludes halogenated alkanes) is 2. The van der Waals surface area contributed by atoms with E-state index in [1.54, 1.807) is 0 Å². The lowest BCUT2D eigenvalue weighted by molar-refractivity contribution is -0.145. The predicted molar refractivity (Wildman–Crippen MR) is 117 cm³/mol. The Kier molecular flexibility index (Phi) is 7.60. The third-order valence-electron chi connectivity index (χ3n) is 7.94. The average molecular weight is 385 g/mol. The van der Waals surface area contributed by atoms with Crippen LogP contribution in [0.15, 0.2) is 24.3 Å². The van der Waals surface area contributed by atoms with Crippen LogP contribution in [0.25, 0.3) is 0 Å². The largest absolute Gasteiger partial charge is 0.481 e. The fourth-order valence-electron chi connectivity index (χ4n) is 5.75. The standard InChI is InChI=1S/C26H40O2/c1-3-5-6-7-21-8-10-22(11-9-21)23-12-14-24(15-13-23)26(25(27)28)18-16-20(4-2)17-19-26/h12-15,20-22H,3-11,16-19H2,1-2H3,(H,27,28). The second-order valence-electron chi connectivity index (χ2n) is 9.57. The Morgan fingerprint density at radius 2 is 1.57 bits per heavy atom. The van der Waals surface area contributed by atoms with Gasteiger partial charge in [-0.1, -0.05) is 70.2 Å². The minimum atomic E-state index is -0.652. The molecule has 1 aromatic rings. The summed E-state index contributed by atoms with van der Waals surface area (Å²) in [5, 5.41) is 10.0. The van der Waals surface area contributed by atoms with Gasteiger partial charge in [0.15, 0.2) is 0 Å². The molecule has 0 aliphatic heterocycles. The first-order chi connectivity index (χ1) is 13.6. The molecule has 156 valence electrons. The Balaban J connectivity index is 1.61. The van der Waals surface area contributed by atoms with Gasteiger partial charge in [-0.25, -0.2) is 0 Å². The summed E-state index contributed by atoms with van der Waals surface area (Å²) in [5.41, 5.74) is 1.81. The van der Waals surface area contributed by atoms with E-state index in [4.69, 9.17) is 0 Å². The van der Waals surface area contributed by atoms with Crippen molar-refractivity contribution in [3.63, 3.8) is 0 Å². The van der Waals surface area contributed by atoms with Crippen molar-refractivity contribution in [2.75, 3.05) is 0 Å². The van der Waals surface area contributed by atoms with Crippen LogP contribution in [-0.4, -0.2) is 11.1 Å². The van der Waals surface area contributed by atoms with Crippen LogP contribution in [0.4, 0.5) is 0 Å². The van der Waals surface area contributed by atoms with Crippen molar-refractivity contribution < 1.29 is 9.90 Å². The minimum Gasteiger partial charge on any atom is -0.481 e. The summed E-state index contributed by atoms with van der Waals surface area (Å²) < 4.78 is 0. The van der Waals surface area contributed by atoms with Gasteiger partial charge in [0.1, 0.15) is 0 Å². The fraction of sp³-hybridized carbons (Fsp3) is 0.731. The molecule has 2 heteroatoms. The van der Waals surface area contributed by atoms with Crippen molar-refractivity contribution in [3.05, 3.63) is 35.4 Å². The van der Waals surface area contributed by atoms with Gasteiger partial charge in [-0.05, 0) is 80.2 Å². The van der Waals surface area contributed by atoms with Crippen LogP contribution in [-0.2, 0) is 10.2 Å². The molecule has 1 N–H and O–H groups in total. The number of carbonyl (C=O) groups is 1. The van der Waals surface area contributed by atoms with Crippen LogP contribution in [0.2, 0.25) is 0 Å². The summed E-state index contributed by atoms with van der Waals surface area (Å²) >= 11 is 0. The van der Waals surface area contributed by atoms with Gasteiger partial charge in [0.05, 0.1) is 5.41 Å². The van der Waals surface area contributed by atoms with E-state index in [0.717, 1.165) is 37.2 Å². The van der Waals surface area contributed by atoms with E-state index in [2.05, 4.69) is 38.1 Å². The van der Waals surface area contributed by atoms with Crippen LogP contribution in [0.1, 0.15) is 114 Å². The molecule has 2 aliphatic carbocycles. The van der Waals surface area contributed by atoms with Gasteiger partial charge in [-0.2, -0.15) is 0 Å². The van der Waals surface area contributed by atoms with Gasteiger partial charge in [-0.3, -0.25) is 4.79 Å². The molecule has 28 heavy (non-hydrogen) atoms. The molecule has 0 unspecified atom stereocenters. The normalized spacial score (nSPS) is 30.9. The molecule has 0 spiro atoms. The molecule has 0 heterocycles. The summed E-state index contributed by atoms with van der Waals surface area (Å²) in [7, 11) is 0. The van der Waals surface area contributed by atoms with Gasteiger partial charge < -0.3 is 5.11 Å². The van der Waals surface area contributed by atoms with Gasteiger partial charge in [-0.15, -0.1) is 0 Å². The molecule has 1 aromatic carbocycles. The van der Waals surface area contributed by atoms with Crippen molar-refractivity contribution in [2.24, 2.45) is 11.8 Å². The van der Waals surface area contributed by atoms with Crippen LogP contribution < -0.4 is 0 Å². The lowest BCUT2D eigenvalue weighted by Crippen LogP contribution is -2.39. The monoisotopic (exact) mass is 384 g/mol. The van der Waals surface area contributed by atoms with E-state index in [0.29, 0.717) is 11.8 Å². The molecule has 2 aliphatic rings. The molecular weight excluding hydrogens is 344 g/mol. The molecule has 0 atom stereocenters. The van der Waals surface area contributed by atoms with Crippen molar-refractivity contribution in [3.8, 4) is 0 Å². The predicted octanol–water partition coefficient (Wildman–Crippen LogP) is 7.46. The molecule has 2 saturated carbocycles. The molecule has 2 nitrogen and oxygen atoms in total. The smallest absolute Gasteiger partial charge is 0.314 e. The maximum atomic E-state index is 12.2. The summed E-state index contributed by atoms with van der Waals surface area (Å²) in [4.78, 5) is 12.2. The van der Waals surface area contributed by atoms with Crippen LogP contribution in [0, 0.1) is 11.8 Å². The first-order valence-electron chi connectivity index (χ1n) is 11.9. The summed E-state index contributed by atoms with van der Waals surface area (Å²) in [5.74, 6) is 1.70. The van der Waals surface area contributed by atoms with Crippen LogP contribution >= 0.6 is 0 Å². The van der Waals surface area contributed by atoms with E-state index >= 15 is 0 Å². The highest BCUT2D eigenvalue weighted by atomic mass is 16.4. The molecule has 3 rings (SSSR count). The number of hydrogen-bond acceptors (Lipinski definition) is 1. The summed E-state index contributed by atoms with van der Waals surface area (Å²) in [6, 6.07) is 8.77. The second-order valence-corrected chi connectivity index (χ2v) is 9.57. The Morgan fingerprint density at radius 3 is 2.11 bits per heavy atom. The van der Waals surface area contributed by atoms with Gasteiger partial charge in [0.2, 0.25) is 0 Å².